The van der Waals surface area contributed by atoms with Crippen LogP contribution in [0, 0.1) is 20.8 Å². The first kappa shape index (κ1) is 13.6. The second kappa shape index (κ2) is 4.78. The van der Waals surface area contributed by atoms with Crippen LogP contribution in [0.4, 0.5) is 4.79 Å². The lowest BCUT2D eigenvalue weighted by atomic mass is 10.1. The van der Waals surface area contributed by atoms with Crippen LogP contribution in [0.15, 0.2) is 12.1 Å². The highest BCUT2D eigenvalue weighted by molar-refractivity contribution is 5.66. The smallest absolute Gasteiger partial charge is 0.428 e. The lowest BCUT2D eigenvalue weighted by molar-refractivity contribution is 0.0203. The molecule has 94 valence electrons. The molecule has 1 aromatic carbocycles. The van der Waals surface area contributed by atoms with E-state index in [0.717, 1.165) is 16.7 Å². The number of benzene rings is 1. The minimum absolute atomic E-state index is 0.538. The van der Waals surface area contributed by atoms with Crippen molar-refractivity contribution in [2.45, 2.75) is 47.1 Å². The Morgan fingerprint density at radius 1 is 1.06 bits per heavy atom. The zero-order chi connectivity index (χ0) is 13.2. The fourth-order valence-electron chi connectivity index (χ4n) is 1.68. The average Bonchev–Trinajstić information content (AvgIpc) is 2.08. The molecule has 1 aromatic rings. The number of carbonyl (C=O) groups excluding carboxylic acids is 1. The summed E-state index contributed by atoms with van der Waals surface area (Å²) in [6.07, 6.45) is -0.660. The topological polar surface area (TPSA) is 35.5 Å². The van der Waals surface area contributed by atoms with E-state index < -0.39 is 11.8 Å². The zero-order valence-corrected chi connectivity index (χ0v) is 11.4. The van der Waals surface area contributed by atoms with Gasteiger partial charge in [-0.25, -0.2) is 4.79 Å². The normalized spacial score (nSPS) is 11.2. The van der Waals surface area contributed by atoms with E-state index in [4.69, 9.17) is 9.47 Å². The maximum absolute atomic E-state index is 11.6. The van der Waals surface area contributed by atoms with E-state index >= 15 is 0 Å². The van der Waals surface area contributed by atoms with Gasteiger partial charge in [0.2, 0.25) is 0 Å². The Labute approximate surface area is 103 Å². The summed E-state index contributed by atoms with van der Waals surface area (Å²) in [7, 11) is 0. The Morgan fingerprint density at radius 3 is 1.94 bits per heavy atom. The van der Waals surface area contributed by atoms with Gasteiger partial charge in [-0.15, -0.1) is 0 Å². The van der Waals surface area contributed by atoms with Crippen molar-refractivity contribution in [1.29, 1.82) is 0 Å². The Morgan fingerprint density at radius 2 is 1.53 bits per heavy atom. The third kappa shape index (κ3) is 4.10. The monoisotopic (exact) mass is 236 g/mol. The molecule has 0 unspecified atom stereocenters. The molecule has 0 radical (unpaired) electrons. The molecule has 0 atom stereocenters. The number of ether oxygens (including phenoxy) is 2. The van der Waals surface area contributed by atoms with Gasteiger partial charge in [-0.05, 0) is 52.7 Å². The highest BCUT2D eigenvalue weighted by Crippen LogP contribution is 2.25. The second-order valence-corrected chi connectivity index (χ2v) is 5.29. The van der Waals surface area contributed by atoms with E-state index in [2.05, 4.69) is 0 Å². The van der Waals surface area contributed by atoms with Crippen molar-refractivity contribution in [3.05, 3.63) is 28.8 Å². The van der Waals surface area contributed by atoms with Crippen LogP contribution in [0.5, 0.6) is 5.75 Å². The minimum Gasteiger partial charge on any atom is -0.428 e. The van der Waals surface area contributed by atoms with Gasteiger partial charge in [0, 0.05) is 0 Å². The molecule has 0 aliphatic rings. The summed E-state index contributed by atoms with van der Waals surface area (Å²) in [5.74, 6) is 0.588. The standard InChI is InChI=1S/C14H20O3/c1-9-7-10(2)12(11(3)8-9)16-13(15)17-14(4,5)6/h7-8H,1-6H3. The summed E-state index contributed by atoms with van der Waals surface area (Å²) < 4.78 is 10.4. The molecule has 0 N–H and O–H groups in total. The van der Waals surface area contributed by atoms with E-state index in [1.54, 1.807) is 0 Å². The summed E-state index contributed by atoms with van der Waals surface area (Å²) >= 11 is 0. The highest BCUT2D eigenvalue weighted by atomic mass is 16.7. The average molecular weight is 236 g/mol. The molecule has 0 amide bonds. The predicted octanol–water partition coefficient (Wildman–Crippen LogP) is 3.93. The third-order valence-electron chi connectivity index (χ3n) is 2.18. The molecule has 0 aromatic heterocycles. The number of carbonyl (C=O) groups is 1. The zero-order valence-electron chi connectivity index (χ0n) is 11.4. The quantitative estimate of drug-likeness (QED) is 0.547. The van der Waals surface area contributed by atoms with E-state index in [0.29, 0.717) is 5.75 Å². The largest absolute Gasteiger partial charge is 0.514 e. The number of hydrogen-bond acceptors (Lipinski definition) is 3. The van der Waals surface area contributed by atoms with Gasteiger partial charge in [-0.1, -0.05) is 17.7 Å². The highest BCUT2D eigenvalue weighted by Gasteiger charge is 2.19. The van der Waals surface area contributed by atoms with Crippen LogP contribution in [-0.4, -0.2) is 11.8 Å². The Bertz CT molecular complexity index is 405. The molecule has 0 saturated carbocycles. The molecule has 0 heterocycles. The van der Waals surface area contributed by atoms with Crippen molar-refractivity contribution in [3.63, 3.8) is 0 Å². The first-order valence-corrected chi connectivity index (χ1v) is 5.68. The molecule has 3 nitrogen and oxygen atoms in total. The fraction of sp³-hybridized carbons (Fsp3) is 0.500. The van der Waals surface area contributed by atoms with Crippen molar-refractivity contribution in [3.8, 4) is 5.75 Å². The van der Waals surface area contributed by atoms with Crippen LogP contribution in [0.3, 0.4) is 0 Å². The first-order valence-electron chi connectivity index (χ1n) is 5.68. The molecular weight excluding hydrogens is 216 g/mol. The summed E-state index contributed by atoms with van der Waals surface area (Å²) in [5.41, 5.74) is 2.49. The Hall–Kier alpha value is -1.51. The SMILES string of the molecule is Cc1cc(C)c(OC(=O)OC(C)(C)C)c(C)c1. The molecule has 0 aliphatic heterocycles. The lowest BCUT2D eigenvalue weighted by Gasteiger charge is -2.19. The van der Waals surface area contributed by atoms with Gasteiger partial charge in [0.25, 0.3) is 0 Å². The third-order valence-corrected chi connectivity index (χ3v) is 2.18. The predicted molar refractivity (Wildman–Crippen MR) is 67.5 cm³/mol. The molecule has 3 heteroatoms. The molecular formula is C14H20O3. The summed E-state index contributed by atoms with van der Waals surface area (Å²) in [6.45, 7) is 11.3. The van der Waals surface area contributed by atoms with Crippen LogP contribution in [0.25, 0.3) is 0 Å². The van der Waals surface area contributed by atoms with Gasteiger partial charge >= 0.3 is 6.16 Å². The Balaban J connectivity index is 2.86. The molecule has 0 bridgehead atoms. The van der Waals surface area contributed by atoms with Gasteiger partial charge in [-0.3, -0.25) is 0 Å². The van der Waals surface area contributed by atoms with Crippen molar-refractivity contribution in [2.75, 3.05) is 0 Å². The van der Waals surface area contributed by atoms with Crippen molar-refractivity contribution in [1.82, 2.24) is 0 Å². The fourth-order valence-corrected chi connectivity index (χ4v) is 1.68. The van der Waals surface area contributed by atoms with Gasteiger partial charge in [0.1, 0.15) is 11.4 Å². The van der Waals surface area contributed by atoms with E-state index in [1.807, 2.05) is 53.7 Å². The van der Waals surface area contributed by atoms with Crippen LogP contribution in [0.2, 0.25) is 0 Å². The summed E-state index contributed by atoms with van der Waals surface area (Å²) in [5, 5.41) is 0. The van der Waals surface area contributed by atoms with Crippen molar-refractivity contribution >= 4 is 6.16 Å². The van der Waals surface area contributed by atoms with E-state index in [1.165, 1.54) is 0 Å². The number of aryl methyl sites for hydroxylation is 3. The van der Waals surface area contributed by atoms with Crippen LogP contribution in [-0.2, 0) is 4.74 Å². The minimum atomic E-state index is -0.660. The van der Waals surface area contributed by atoms with Crippen molar-refractivity contribution < 1.29 is 14.3 Å². The van der Waals surface area contributed by atoms with Crippen LogP contribution >= 0.6 is 0 Å². The van der Waals surface area contributed by atoms with Gasteiger partial charge in [-0.2, -0.15) is 0 Å². The molecule has 17 heavy (non-hydrogen) atoms. The lowest BCUT2D eigenvalue weighted by Crippen LogP contribution is -2.26. The second-order valence-electron chi connectivity index (χ2n) is 5.29. The Kier molecular flexibility index (Phi) is 3.81. The van der Waals surface area contributed by atoms with Crippen LogP contribution < -0.4 is 4.74 Å². The van der Waals surface area contributed by atoms with Crippen LogP contribution in [0.1, 0.15) is 37.5 Å². The van der Waals surface area contributed by atoms with Gasteiger partial charge in [0.15, 0.2) is 0 Å². The van der Waals surface area contributed by atoms with Gasteiger partial charge in [0.05, 0.1) is 0 Å². The van der Waals surface area contributed by atoms with Gasteiger partial charge < -0.3 is 9.47 Å². The maximum Gasteiger partial charge on any atom is 0.514 e. The maximum atomic E-state index is 11.6. The molecule has 0 saturated heterocycles. The summed E-state index contributed by atoms with van der Waals surface area (Å²) in [6, 6.07) is 3.96. The summed E-state index contributed by atoms with van der Waals surface area (Å²) in [4.78, 5) is 11.6. The first-order chi connectivity index (χ1) is 7.69. The molecule has 0 fully saturated rings. The van der Waals surface area contributed by atoms with Crippen molar-refractivity contribution in [2.24, 2.45) is 0 Å². The van der Waals surface area contributed by atoms with E-state index in [-0.39, 0.29) is 0 Å². The molecule has 0 aliphatic carbocycles. The molecule has 0 spiro atoms. The number of hydrogen-bond donors (Lipinski definition) is 0. The van der Waals surface area contributed by atoms with E-state index in [9.17, 15) is 4.79 Å². The number of rotatable bonds is 1. The molecule has 1 rings (SSSR count).